The Hall–Kier alpha value is -3.94. The van der Waals surface area contributed by atoms with E-state index in [2.05, 4.69) is 4.98 Å². The molecule has 0 unspecified atom stereocenters. The summed E-state index contributed by atoms with van der Waals surface area (Å²) in [4.78, 5) is 46.7. The van der Waals surface area contributed by atoms with Crippen LogP contribution in [0.1, 0.15) is 43.6 Å². The summed E-state index contributed by atoms with van der Waals surface area (Å²) in [7, 11) is 4.68. The van der Waals surface area contributed by atoms with Gasteiger partial charge in [0.1, 0.15) is 11.5 Å². The normalized spacial score (nSPS) is 22.2. The molecule has 1 aliphatic carbocycles. The van der Waals surface area contributed by atoms with Crippen molar-refractivity contribution in [3.05, 3.63) is 94.6 Å². The van der Waals surface area contributed by atoms with Gasteiger partial charge in [0.2, 0.25) is 0 Å². The molecule has 186 valence electrons. The van der Waals surface area contributed by atoms with Crippen LogP contribution in [0, 0.1) is 11.7 Å². The summed E-state index contributed by atoms with van der Waals surface area (Å²) in [5, 5.41) is 0. The minimum absolute atomic E-state index is 0.0398. The number of nitrogens with zero attached hydrogens (tertiary/aromatic N) is 2. The molecule has 0 saturated carbocycles. The molecule has 0 spiro atoms. The van der Waals surface area contributed by atoms with Crippen molar-refractivity contribution in [1.82, 2.24) is 14.8 Å². The van der Waals surface area contributed by atoms with Crippen LogP contribution in [0.15, 0.2) is 60.7 Å². The molecule has 36 heavy (non-hydrogen) atoms. The highest BCUT2D eigenvalue weighted by molar-refractivity contribution is 6.00. The van der Waals surface area contributed by atoms with E-state index in [1.807, 2.05) is 6.07 Å². The number of aromatic amines is 1. The summed E-state index contributed by atoms with van der Waals surface area (Å²) in [6.07, 6.45) is 0.753. The van der Waals surface area contributed by atoms with Crippen molar-refractivity contribution in [2.24, 2.45) is 5.92 Å². The van der Waals surface area contributed by atoms with Crippen LogP contribution in [0.3, 0.4) is 0 Å². The van der Waals surface area contributed by atoms with Crippen molar-refractivity contribution >= 4 is 17.8 Å². The van der Waals surface area contributed by atoms with Crippen LogP contribution in [0.4, 0.5) is 4.39 Å². The number of aromatic nitrogens is 1. The molecule has 1 N–H and O–H groups in total. The highest BCUT2D eigenvalue weighted by Crippen LogP contribution is 2.54. The Labute approximate surface area is 208 Å². The van der Waals surface area contributed by atoms with E-state index in [1.165, 1.54) is 24.1 Å². The highest BCUT2D eigenvalue weighted by Gasteiger charge is 2.64. The number of carbonyl (C=O) groups excluding carboxylic acids is 3. The average molecular weight is 490 g/mol. The average Bonchev–Trinajstić information content (AvgIpc) is 3.53. The Morgan fingerprint density at radius 2 is 1.81 bits per heavy atom. The number of likely N-dealkylation sites (tertiary alicyclic amines) is 1. The Kier molecular flexibility index (Phi) is 5.90. The lowest BCUT2D eigenvalue weighted by Crippen LogP contribution is -2.58. The largest absolute Gasteiger partial charge is 0.467 e. The second-order valence-electron chi connectivity index (χ2n) is 9.76. The van der Waals surface area contributed by atoms with Gasteiger partial charge in [0.15, 0.2) is 5.54 Å². The standard InChI is InChI=1S/C28H28FN3O4/c1-31(2)26(34)23-14-21-22(30-23)13-19-16-32(25(33)18-7-5-4-6-8-18)28(24(19)21,27(35)36-3)15-17-9-11-20(29)12-10-17/h4-12,14,19,24,30H,13,15-16H2,1-3H3/t19-,24+,28+/m0/s1. The lowest BCUT2D eigenvalue weighted by molar-refractivity contribution is -0.153. The second kappa shape index (κ2) is 8.93. The molecule has 0 radical (unpaired) electrons. The molecule has 1 aliphatic heterocycles. The fourth-order valence-corrected chi connectivity index (χ4v) is 5.94. The number of H-pyrrole nitrogens is 1. The molecule has 2 aromatic carbocycles. The molecule has 3 atom stereocenters. The van der Waals surface area contributed by atoms with Gasteiger partial charge >= 0.3 is 5.97 Å². The van der Waals surface area contributed by atoms with E-state index in [9.17, 15) is 18.8 Å². The quantitative estimate of drug-likeness (QED) is 0.557. The first-order valence-electron chi connectivity index (χ1n) is 11.9. The van der Waals surface area contributed by atoms with E-state index >= 15 is 0 Å². The minimum atomic E-state index is -1.37. The molecule has 1 fully saturated rings. The van der Waals surface area contributed by atoms with Gasteiger partial charge < -0.3 is 19.5 Å². The van der Waals surface area contributed by atoms with Gasteiger partial charge in [-0.1, -0.05) is 30.3 Å². The monoisotopic (exact) mass is 489 g/mol. The Bertz CT molecular complexity index is 1320. The summed E-state index contributed by atoms with van der Waals surface area (Å²) in [5.41, 5.74) is 2.01. The molecule has 1 saturated heterocycles. The highest BCUT2D eigenvalue weighted by atomic mass is 19.1. The first kappa shape index (κ1) is 23.8. The van der Waals surface area contributed by atoms with Crippen molar-refractivity contribution in [3.8, 4) is 0 Å². The van der Waals surface area contributed by atoms with Crippen LogP contribution in [0.2, 0.25) is 0 Å². The third-order valence-corrected chi connectivity index (χ3v) is 7.45. The van der Waals surface area contributed by atoms with Crippen LogP contribution in [-0.2, 0) is 22.4 Å². The molecule has 1 aromatic heterocycles. The predicted octanol–water partition coefficient (Wildman–Crippen LogP) is 3.42. The number of ether oxygens (including phenoxy) is 1. The number of hydrogen-bond acceptors (Lipinski definition) is 4. The predicted molar refractivity (Wildman–Crippen MR) is 131 cm³/mol. The Morgan fingerprint density at radius 1 is 1.11 bits per heavy atom. The lowest BCUT2D eigenvalue weighted by Gasteiger charge is -2.40. The minimum Gasteiger partial charge on any atom is -0.467 e. The van der Waals surface area contributed by atoms with E-state index in [1.54, 1.807) is 61.5 Å². The van der Waals surface area contributed by atoms with Gasteiger partial charge in [0.25, 0.3) is 11.8 Å². The number of halogens is 1. The van der Waals surface area contributed by atoms with Crippen molar-refractivity contribution in [2.75, 3.05) is 27.7 Å². The Morgan fingerprint density at radius 3 is 2.44 bits per heavy atom. The SMILES string of the molecule is COC(=O)[C@@]1(Cc2ccc(F)cc2)[C@H]2c3cc(C(=O)N(C)C)[nH]c3C[C@H]2CN1C(=O)c1ccccc1. The molecule has 2 amide bonds. The molecule has 2 aliphatic rings. The molecule has 3 aromatic rings. The zero-order valence-corrected chi connectivity index (χ0v) is 20.5. The van der Waals surface area contributed by atoms with E-state index in [4.69, 9.17) is 4.74 Å². The van der Waals surface area contributed by atoms with Gasteiger partial charge in [-0.25, -0.2) is 9.18 Å². The van der Waals surface area contributed by atoms with Gasteiger partial charge in [0, 0.05) is 44.2 Å². The number of carbonyl (C=O) groups is 3. The first-order chi connectivity index (χ1) is 17.3. The number of fused-ring (bicyclic) bond motifs is 3. The fraction of sp³-hybridized carbons (Fsp3) is 0.321. The number of benzene rings is 2. The van der Waals surface area contributed by atoms with Gasteiger partial charge in [-0.05, 0) is 53.8 Å². The third-order valence-electron chi connectivity index (χ3n) is 7.45. The van der Waals surface area contributed by atoms with E-state index in [0.717, 1.165) is 11.3 Å². The van der Waals surface area contributed by atoms with Crippen LogP contribution < -0.4 is 0 Å². The number of amides is 2. The van der Waals surface area contributed by atoms with Crippen LogP contribution in [0.25, 0.3) is 0 Å². The van der Waals surface area contributed by atoms with Gasteiger partial charge in [-0.3, -0.25) is 9.59 Å². The second-order valence-corrected chi connectivity index (χ2v) is 9.76. The zero-order valence-electron chi connectivity index (χ0n) is 20.5. The Balaban J connectivity index is 1.67. The summed E-state index contributed by atoms with van der Waals surface area (Å²) in [6.45, 7) is 0.355. The molecule has 5 rings (SSSR count). The van der Waals surface area contributed by atoms with Crippen LogP contribution in [-0.4, -0.2) is 65.9 Å². The van der Waals surface area contributed by atoms with Crippen LogP contribution in [0.5, 0.6) is 0 Å². The molecule has 0 bridgehead atoms. The number of hydrogen-bond donors (Lipinski definition) is 1. The molecule has 7 nitrogen and oxygen atoms in total. The molecule has 8 heteroatoms. The maximum absolute atomic E-state index is 13.9. The summed E-state index contributed by atoms with van der Waals surface area (Å²) < 4.78 is 19.1. The number of nitrogens with one attached hydrogen (secondary N) is 1. The number of methoxy groups -OCH3 is 1. The van der Waals surface area contributed by atoms with Crippen molar-refractivity contribution in [1.29, 1.82) is 0 Å². The van der Waals surface area contributed by atoms with Crippen molar-refractivity contribution < 1.29 is 23.5 Å². The first-order valence-corrected chi connectivity index (χ1v) is 11.9. The molecular formula is C28H28FN3O4. The summed E-state index contributed by atoms with van der Waals surface area (Å²) >= 11 is 0. The van der Waals surface area contributed by atoms with Crippen molar-refractivity contribution in [2.45, 2.75) is 24.3 Å². The van der Waals surface area contributed by atoms with E-state index in [-0.39, 0.29) is 30.0 Å². The maximum Gasteiger partial charge on any atom is 0.332 e. The van der Waals surface area contributed by atoms with Crippen molar-refractivity contribution in [3.63, 3.8) is 0 Å². The van der Waals surface area contributed by atoms with E-state index < -0.39 is 17.4 Å². The van der Waals surface area contributed by atoms with E-state index in [0.29, 0.717) is 29.8 Å². The molecular weight excluding hydrogens is 461 g/mol. The fourth-order valence-electron chi connectivity index (χ4n) is 5.94. The van der Waals surface area contributed by atoms with Crippen LogP contribution >= 0.6 is 0 Å². The zero-order chi connectivity index (χ0) is 25.6. The topological polar surface area (TPSA) is 82.7 Å². The summed E-state index contributed by atoms with van der Waals surface area (Å²) in [6, 6.07) is 16.6. The number of esters is 1. The number of rotatable bonds is 5. The molecule has 2 heterocycles. The van der Waals surface area contributed by atoms with Gasteiger partial charge in [-0.15, -0.1) is 0 Å². The maximum atomic E-state index is 13.9. The third kappa shape index (κ3) is 3.68. The van der Waals surface area contributed by atoms with Gasteiger partial charge in [0.05, 0.1) is 7.11 Å². The van der Waals surface area contributed by atoms with Gasteiger partial charge in [-0.2, -0.15) is 0 Å². The summed E-state index contributed by atoms with van der Waals surface area (Å²) in [5.74, 6) is -1.77. The smallest absolute Gasteiger partial charge is 0.332 e. The lowest BCUT2D eigenvalue weighted by atomic mass is 9.75.